The van der Waals surface area contributed by atoms with Crippen molar-refractivity contribution in [2.45, 2.75) is 33.6 Å². The number of nitriles is 1. The molecule has 1 heterocycles. The first-order valence-electron chi connectivity index (χ1n) is 5.74. The van der Waals surface area contributed by atoms with Crippen molar-refractivity contribution in [2.24, 2.45) is 17.8 Å². The first-order chi connectivity index (χ1) is 6.65. The minimum Gasteiger partial charge on any atom is -0.302 e. The Bertz CT molecular complexity index is 205. The molecule has 2 unspecified atom stereocenters. The van der Waals surface area contributed by atoms with Crippen LogP contribution >= 0.6 is 0 Å². The van der Waals surface area contributed by atoms with Crippen LogP contribution in [0.2, 0.25) is 0 Å². The Morgan fingerprint density at radius 2 is 2.21 bits per heavy atom. The van der Waals surface area contributed by atoms with Crippen molar-refractivity contribution in [1.82, 2.24) is 4.90 Å². The van der Waals surface area contributed by atoms with Crippen molar-refractivity contribution >= 4 is 0 Å². The Morgan fingerprint density at radius 1 is 1.50 bits per heavy atom. The molecule has 1 aliphatic rings. The number of likely N-dealkylation sites (tertiary alicyclic amines) is 1. The van der Waals surface area contributed by atoms with Crippen molar-refractivity contribution in [3.8, 4) is 6.07 Å². The highest BCUT2D eigenvalue weighted by Crippen LogP contribution is 2.29. The van der Waals surface area contributed by atoms with Crippen LogP contribution in [-0.2, 0) is 0 Å². The van der Waals surface area contributed by atoms with Crippen LogP contribution in [0.25, 0.3) is 0 Å². The normalized spacial score (nSPS) is 29.1. The molecule has 1 rings (SSSR count). The van der Waals surface area contributed by atoms with Crippen LogP contribution in [0.4, 0.5) is 0 Å². The molecule has 1 saturated heterocycles. The van der Waals surface area contributed by atoms with Gasteiger partial charge in [-0.25, -0.2) is 0 Å². The van der Waals surface area contributed by atoms with E-state index < -0.39 is 0 Å². The van der Waals surface area contributed by atoms with Gasteiger partial charge in [0.2, 0.25) is 0 Å². The maximum atomic E-state index is 8.53. The summed E-state index contributed by atoms with van der Waals surface area (Å²) in [6.45, 7) is 10.3. The first-order valence-corrected chi connectivity index (χ1v) is 5.74. The van der Waals surface area contributed by atoms with Gasteiger partial charge in [-0.15, -0.1) is 0 Å². The smallest absolute Gasteiger partial charge is 0.0635 e. The maximum Gasteiger partial charge on any atom is 0.0635 e. The van der Waals surface area contributed by atoms with Crippen LogP contribution in [0.3, 0.4) is 0 Å². The fourth-order valence-electron chi connectivity index (χ4n) is 2.65. The zero-order chi connectivity index (χ0) is 10.6. The summed E-state index contributed by atoms with van der Waals surface area (Å²) in [4.78, 5) is 2.44. The average Bonchev–Trinajstić information content (AvgIpc) is 2.14. The lowest BCUT2D eigenvalue weighted by Crippen LogP contribution is -2.41. The summed E-state index contributed by atoms with van der Waals surface area (Å²) in [6, 6.07) is 2.22. The number of rotatable bonds is 3. The lowest BCUT2D eigenvalue weighted by molar-refractivity contribution is 0.104. The van der Waals surface area contributed by atoms with Crippen LogP contribution < -0.4 is 0 Å². The summed E-state index contributed by atoms with van der Waals surface area (Å²) in [5.74, 6) is 2.49. The summed E-state index contributed by atoms with van der Waals surface area (Å²) in [5, 5.41) is 8.53. The van der Waals surface area contributed by atoms with E-state index in [0.717, 1.165) is 24.3 Å². The first kappa shape index (κ1) is 11.5. The third-order valence-electron chi connectivity index (χ3n) is 3.45. The van der Waals surface area contributed by atoms with Gasteiger partial charge >= 0.3 is 0 Å². The van der Waals surface area contributed by atoms with E-state index in [-0.39, 0.29) is 0 Å². The Kier molecular flexibility index (Phi) is 4.41. The van der Waals surface area contributed by atoms with Gasteiger partial charge in [0.15, 0.2) is 0 Å². The quantitative estimate of drug-likeness (QED) is 0.690. The molecular weight excluding hydrogens is 172 g/mol. The number of hydrogen-bond acceptors (Lipinski definition) is 2. The van der Waals surface area contributed by atoms with E-state index in [9.17, 15) is 0 Å². The van der Waals surface area contributed by atoms with Gasteiger partial charge < -0.3 is 4.90 Å². The molecule has 0 amide bonds. The second-order valence-corrected chi connectivity index (χ2v) is 4.88. The maximum absolute atomic E-state index is 8.53. The number of hydrogen-bond donors (Lipinski definition) is 0. The van der Waals surface area contributed by atoms with Gasteiger partial charge in [-0.3, -0.25) is 0 Å². The lowest BCUT2D eigenvalue weighted by Gasteiger charge is -2.38. The largest absolute Gasteiger partial charge is 0.302 e. The SMILES string of the molecule is CC(C)C1CCN(CCC#N)CC1C. The summed E-state index contributed by atoms with van der Waals surface area (Å²) in [7, 11) is 0. The monoisotopic (exact) mass is 194 g/mol. The molecule has 0 radical (unpaired) electrons. The fraction of sp³-hybridized carbons (Fsp3) is 0.917. The average molecular weight is 194 g/mol. The van der Waals surface area contributed by atoms with E-state index in [0.29, 0.717) is 6.42 Å². The van der Waals surface area contributed by atoms with Crippen molar-refractivity contribution < 1.29 is 0 Å². The highest BCUT2D eigenvalue weighted by atomic mass is 15.1. The van der Waals surface area contributed by atoms with Crippen molar-refractivity contribution in [1.29, 1.82) is 5.26 Å². The van der Waals surface area contributed by atoms with Gasteiger partial charge in [0.05, 0.1) is 6.07 Å². The van der Waals surface area contributed by atoms with Crippen LogP contribution in [0.1, 0.15) is 33.6 Å². The van der Waals surface area contributed by atoms with Crippen molar-refractivity contribution in [3.05, 3.63) is 0 Å². The number of nitrogens with zero attached hydrogens (tertiary/aromatic N) is 2. The van der Waals surface area contributed by atoms with E-state index in [1.807, 2.05) is 0 Å². The molecule has 80 valence electrons. The standard InChI is InChI=1S/C12H22N2/c1-10(2)12-5-8-14(7-4-6-13)9-11(12)3/h10-12H,4-5,7-9H2,1-3H3. The second-order valence-electron chi connectivity index (χ2n) is 4.88. The topological polar surface area (TPSA) is 27.0 Å². The highest BCUT2D eigenvalue weighted by Gasteiger charge is 2.27. The molecule has 0 aromatic heterocycles. The van der Waals surface area contributed by atoms with Crippen LogP contribution in [0.5, 0.6) is 0 Å². The van der Waals surface area contributed by atoms with Crippen LogP contribution in [-0.4, -0.2) is 24.5 Å². The second kappa shape index (κ2) is 5.36. The van der Waals surface area contributed by atoms with Gasteiger partial charge in [-0.2, -0.15) is 5.26 Å². The minimum atomic E-state index is 0.680. The zero-order valence-electron chi connectivity index (χ0n) is 9.66. The van der Waals surface area contributed by atoms with Gasteiger partial charge in [-0.1, -0.05) is 20.8 Å². The van der Waals surface area contributed by atoms with Crippen LogP contribution in [0.15, 0.2) is 0 Å². The molecule has 0 saturated carbocycles. The molecule has 2 nitrogen and oxygen atoms in total. The Morgan fingerprint density at radius 3 is 2.71 bits per heavy atom. The van der Waals surface area contributed by atoms with Gasteiger partial charge in [0.25, 0.3) is 0 Å². The Hall–Kier alpha value is -0.550. The summed E-state index contributed by atoms with van der Waals surface area (Å²) >= 11 is 0. The molecule has 1 aliphatic heterocycles. The molecule has 1 fully saturated rings. The third-order valence-corrected chi connectivity index (χ3v) is 3.45. The van der Waals surface area contributed by atoms with E-state index in [1.54, 1.807) is 0 Å². The predicted octanol–water partition coefficient (Wildman–Crippen LogP) is 2.51. The molecule has 0 spiro atoms. The number of piperidine rings is 1. The molecule has 0 bridgehead atoms. The molecule has 0 N–H and O–H groups in total. The van der Waals surface area contributed by atoms with Crippen LogP contribution in [0, 0.1) is 29.1 Å². The lowest BCUT2D eigenvalue weighted by atomic mass is 9.79. The van der Waals surface area contributed by atoms with E-state index in [4.69, 9.17) is 5.26 Å². The minimum absolute atomic E-state index is 0.680. The molecule has 0 aromatic carbocycles. The van der Waals surface area contributed by atoms with Crippen molar-refractivity contribution in [3.63, 3.8) is 0 Å². The van der Waals surface area contributed by atoms with E-state index in [2.05, 4.69) is 31.7 Å². The fourth-order valence-corrected chi connectivity index (χ4v) is 2.65. The Balaban J connectivity index is 2.35. The van der Waals surface area contributed by atoms with Gasteiger partial charge in [0, 0.05) is 19.5 Å². The third kappa shape index (κ3) is 2.99. The molecule has 14 heavy (non-hydrogen) atoms. The molecule has 0 aromatic rings. The molecule has 2 heteroatoms. The van der Waals surface area contributed by atoms with Gasteiger partial charge in [-0.05, 0) is 30.7 Å². The summed E-state index contributed by atoms with van der Waals surface area (Å²) < 4.78 is 0. The predicted molar refractivity (Wildman–Crippen MR) is 58.8 cm³/mol. The highest BCUT2D eigenvalue weighted by molar-refractivity contribution is 4.81. The molecule has 0 aliphatic carbocycles. The molecular formula is C12H22N2. The van der Waals surface area contributed by atoms with E-state index in [1.165, 1.54) is 19.5 Å². The zero-order valence-corrected chi connectivity index (χ0v) is 9.66. The Labute approximate surface area is 87.9 Å². The van der Waals surface area contributed by atoms with Gasteiger partial charge in [0.1, 0.15) is 0 Å². The summed E-state index contributed by atoms with van der Waals surface area (Å²) in [5.41, 5.74) is 0. The van der Waals surface area contributed by atoms with E-state index >= 15 is 0 Å². The van der Waals surface area contributed by atoms with Crippen molar-refractivity contribution in [2.75, 3.05) is 19.6 Å². The summed E-state index contributed by atoms with van der Waals surface area (Å²) in [6.07, 6.45) is 1.99. The molecule has 2 atom stereocenters.